The van der Waals surface area contributed by atoms with Crippen LogP contribution in [0.3, 0.4) is 0 Å². The highest BCUT2D eigenvalue weighted by Gasteiger charge is 2.17. The molecule has 1 aromatic heterocycles. The van der Waals surface area contributed by atoms with Crippen LogP contribution in [0.1, 0.15) is 18.4 Å². The third kappa shape index (κ3) is 6.40. The number of benzene rings is 3. The minimum Gasteiger partial charge on any atom is -0.400 e. The van der Waals surface area contributed by atoms with Gasteiger partial charge in [0.1, 0.15) is 7.05 Å². The van der Waals surface area contributed by atoms with Gasteiger partial charge in [0.25, 0.3) is 0 Å². The molecule has 2 N–H and O–H groups in total. The van der Waals surface area contributed by atoms with Gasteiger partial charge in [-0.15, -0.1) is 0 Å². The number of rotatable bonds is 4. The fourth-order valence-corrected chi connectivity index (χ4v) is 4.49. The number of pyridine rings is 1. The van der Waals surface area contributed by atoms with Gasteiger partial charge >= 0.3 is 0 Å². The van der Waals surface area contributed by atoms with Gasteiger partial charge in [-0.25, -0.2) is 4.57 Å². The first-order valence-corrected chi connectivity index (χ1v) is 12.0. The van der Waals surface area contributed by atoms with Gasteiger partial charge in [0.15, 0.2) is 18.7 Å². The van der Waals surface area contributed by atoms with E-state index in [9.17, 15) is 0 Å². The number of aliphatic hydroxyl groups excluding tert-OH is 2. The van der Waals surface area contributed by atoms with Crippen LogP contribution in [0.2, 0.25) is 0 Å². The van der Waals surface area contributed by atoms with Crippen molar-refractivity contribution in [2.75, 3.05) is 44.3 Å². The van der Waals surface area contributed by atoms with E-state index in [0.717, 1.165) is 38.6 Å². The highest BCUT2D eigenvalue weighted by molar-refractivity contribution is 7.44. The first-order chi connectivity index (χ1) is 17.7. The number of para-hydroxylation sites is 1. The first kappa shape index (κ1) is 28.8. The number of aryl methyl sites for hydroxylation is 1. The molecule has 2 heterocycles. The van der Waals surface area contributed by atoms with Crippen molar-refractivity contribution in [3.05, 3.63) is 78.5 Å². The van der Waals surface area contributed by atoms with E-state index in [1.165, 1.54) is 40.2 Å². The molecule has 0 spiro atoms. The Morgan fingerprint density at radius 2 is 1.44 bits per heavy atom. The lowest BCUT2D eigenvalue weighted by molar-refractivity contribution is -0.644. The number of aliphatic hydroxyl groups is 2. The van der Waals surface area contributed by atoms with Gasteiger partial charge in [0.05, 0.1) is 17.3 Å². The average Bonchev–Trinajstić information content (AvgIpc) is 3.50. The molecule has 0 radical (unpaired) electrons. The number of nitrogens with zero attached hydrogens (tertiary/aromatic N) is 4. The average molecular weight is 508 g/mol. The summed E-state index contributed by atoms with van der Waals surface area (Å²) >= 11 is 2.83. The second-order valence-electron chi connectivity index (χ2n) is 8.01. The van der Waals surface area contributed by atoms with E-state index in [2.05, 4.69) is 102 Å². The number of anilines is 2. The minimum absolute atomic E-state index is 1.00. The molecule has 36 heavy (non-hydrogen) atoms. The van der Waals surface area contributed by atoms with Gasteiger partial charge in [-0.3, -0.25) is 5.01 Å². The molecular weight excluding hydrogens is 472 g/mol. The van der Waals surface area contributed by atoms with E-state index in [0.29, 0.717) is 0 Å². The fourth-order valence-electron chi connectivity index (χ4n) is 4.49. The van der Waals surface area contributed by atoms with Gasteiger partial charge in [-0.1, -0.05) is 36.4 Å². The molecule has 1 saturated heterocycles. The van der Waals surface area contributed by atoms with Gasteiger partial charge < -0.3 is 15.1 Å². The predicted molar refractivity (Wildman–Crippen MR) is 151 cm³/mol. The summed E-state index contributed by atoms with van der Waals surface area (Å²) in [5.41, 5.74) is 4.78. The lowest BCUT2D eigenvalue weighted by Crippen LogP contribution is -2.28. The van der Waals surface area contributed by atoms with Gasteiger partial charge in [-0.05, 0) is 31.0 Å². The lowest BCUT2D eigenvalue weighted by Gasteiger charge is -2.23. The van der Waals surface area contributed by atoms with Crippen LogP contribution < -0.4 is 14.5 Å². The van der Waals surface area contributed by atoms with Crippen molar-refractivity contribution in [1.82, 2.24) is 0 Å². The summed E-state index contributed by atoms with van der Waals surface area (Å²) in [5, 5.41) is 24.5. The molecular formula is C28H35N4O3S+. The molecule has 4 aromatic rings. The Morgan fingerprint density at radius 1 is 0.861 bits per heavy atom. The van der Waals surface area contributed by atoms with E-state index in [-0.39, 0.29) is 0 Å². The summed E-state index contributed by atoms with van der Waals surface area (Å²) in [6.07, 6.45) is 6.61. The molecule has 5 rings (SSSR count). The van der Waals surface area contributed by atoms with E-state index in [1.807, 2.05) is 18.3 Å². The van der Waals surface area contributed by atoms with Crippen LogP contribution in [0.25, 0.3) is 21.7 Å². The molecule has 0 atom stereocenters. The van der Waals surface area contributed by atoms with E-state index < -0.39 is 0 Å². The largest absolute Gasteiger partial charge is 0.400 e. The van der Waals surface area contributed by atoms with Crippen molar-refractivity contribution in [1.29, 1.82) is 0 Å². The van der Waals surface area contributed by atoms with Crippen LogP contribution >= 0.6 is 0 Å². The Labute approximate surface area is 218 Å². The number of fused-ring (bicyclic) bond motifs is 2. The van der Waals surface area contributed by atoms with Gasteiger partial charge in [0, 0.05) is 68.5 Å². The standard InChI is InChI=1S/C26H27N4.2CH4O.OS/c1-28-18-15-20(21-9-5-6-12-24(21)28)19-27-29(2)25-13-14-26(30-16-7-8-17-30)23-11-4-3-10-22(23)25;3*1-2/h3-6,9-15,18-19H,7-8,16-17H2,1-2H3;2*2H,1H3;/q+1;;;. The summed E-state index contributed by atoms with van der Waals surface area (Å²) in [7, 11) is 6.10. The number of hydrazone groups is 1. The molecule has 0 amide bonds. The van der Waals surface area contributed by atoms with Crippen molar-refractivity contribution >= 4 is 51.8 Å². The monoisotopic (exact) mass is 507 g/mol. The number of hydrogen-bond donors (Lipinski definition) is 2. The van der Waals surface area contributed by atoms with Crippen LogP contribution in [0, 0.1) is 0 Å². The second-order valence-corrected chi connectivity index (χ2v) is 8.01. The maximum Gasteiger partial charge on any atom is 0.212 e. The van der Waals surface area contributed by atoms with Crippen molar-refractivity contribution in [3.63, 3.8) is 0 Å². The topological polar surface area (TPSA) is 80.2 Å². The van der Waals surface area contributed by atoms with Crippen LogP contribution in [0.4, 0.5) is 11.4 Å². The molecule has 1 aliphatic rings. The maximum atomic E-state index is 7.83. The zero-order valence-electron chi connectivity index (χ0n) is 21.3. The van der Waals surface area contributed by atoms with Gasteiger partial charge in [-0.2, -0.15) is 9.31 Å². The molecule has 0 unspecified atom stereocenters. The Hall–Kier alpha value is -3.46. The first-order valence-electron chi connectivity index (χ1n) is 11.7. The summed E-state index contributed by atoms with van der Waals surface area (Å²) in [4.78, 5) is 2.51. The van der Waals surface area contributed by atoms with Crippen molar-refractivity contribution < 1.29 is 19.0 Å². The summed E-state index contributed by atoms with van der Waals surface area (Å²) in [6, 6.07) is 23.7. The highest BCUT2D eigenvalue weighted by atomic mass is 32.1. The Morgan fingerprint density at radius 3 is 2.11 bits per heavy atom. The fraction of sp³-hybridized carbons (Fsp3) is 0.286. The molecule has 1 fully saturated rings. The van der Waals surface area contributed by atoms with Crippen LogP contribution in [0.5, 0.6) is 0 Å². The van der Waals surface area contributed by atoms with Gasteiger partial charge in [0.2, 0.25) is 5.52 Å². The molecule has 0 bridgehead atoms. The van der Waals surface area contributed by atoms with Crippen LogP contribution in [0.15, 0.2) is 78.0 Å². The zero-order chi connectivity index (χ0) is 26.5. The Kier molecular flexibility index (Phi) is 11.9. The zero-order valence-corrected chi connectivity index (χ0v) is 22.2. The molecule has 0 aliphatic carbocycles. The molecule has 7 nitrogen and oxygen atoms in total. The van der Waals surface area contributed by atoms with Crippen molar-refractivity contribution in [2.24, 2.45) is 12.1 Å². The Bertz CT molecular complexity index is 1280. The molecule has 190 valence electrons. The van der Waals surface area contributed by atoms with E-state index >= 15 is 0 Å². The molecule has 0 saturated carbocycles. The maximum absolute atomic E-state index is 7.83. The third-order valence-electron chi connectivity index (χ3n) is 6.12. The predicted octanol–water partition coefficient (Wildman–Crippen LogP) is 3.77. The van der Waals surface area contributed by atoms with Crippen molar-refractivity contribution in [3.8, 4) is 0 Å². The highest BCUT2D eigenvalue weighted by Crippen LogP contribution is 2.35. The van der Waals surface area contributed by atoms with Crippen molar-refractivity contribution in [2.45, 2.75) is 12.8 Å². The Balaban J connectivity index is 0.000000710. The summed E-state index contributed by atoms with van der Waals surface area (Å²) in [5.74, 6) is 0. The van der Waals surface area contributed by atoms with E-state index in [4.69, 9.17) is 19.5 Å². The molecule has 3 aromatic carbocycles. The van der Waals surface area contributed by atoms with Crippen LogP contribution in [-0.4, -0.2) is 55.0 Å². The molecule has 1 aliphatic heterocycles. The smallest absolute Gasteiger partial charge is 0.212 e. The second kappa shape index (κ2) is 14.8. The minimum atomic E-state index is 1.00. The summed E-state index contributed by atoms with van der Waals surface area (Å²) < 4.78 is 9.97. The number of hydrogen-bond acceptors (Lipinski definition) is 7. The third-order valence-corrected chi connectivity index (χ3v) is 6.12. The summed E-state index contributed by atoms with van der Waals surface area (Å²) in [6.45, 7) is 2.30. The normalized spacial score (nSPS) is 12.3. The lowest BCUT2D eigenvalue weighted by atomic mass is 10.1. The van der Waals surface area contributed by atoms with E-state index in [1.54, 1.807) is 0 Å². The SMILES string of the molecule is CN(/N=C\c1cc[n+](C)c2ccccc12)c1ccc(N2CCCC2)c2ccccc12.CO.CO.O=S. The quantitative estimate of drug-likeness (QED) is 0.249. The van der Waals surface area contributed by atoms with Crippen LogP contribution in [-0.2, 0) is 19.6 Å². The molecule has 8 heteroatoms. The number of aromatic nitrogens is 1.